The lowest BCUT2D eigenvalue weighted by Gasteiger charge is -2.17. The predicted octanol–water partition coefficient (Wildman–Crippen LogP) is 1.67. The quantitative estimate of drug-likeness (QED) is 0.830. The fraction of sp³-hybridized carbons (Fsp3) is 0.600. The molecule has 0 fully saturated rings. The third kappa shape index (κ3) is 3.95. The van der Waals surface area contributed by atoms with Crippen LogP contribution in [0.1, 0.15) is 18.7 Å². The van der Waals surface area contributed by atoms with Gasteiger partial charge in [-0.1, -0.05) is 0 Å². The van der Waals surface area contributed by atoms with Gasteiger partial charge in [0.2, 0.25) is 0 Å². The van der Waals surface area contributed by atoms with Crippen molar-refractivity contribution < 1.29 is 9.15 Å². The van der Waals surface area contributed by atoms with Gasteiger partial charge >= 0.3 is 0 Å². The molecule has 0 spiro atoms. The normalized spacial score (nSPS) is 15.2. The van der Waals surface area contributed by atoms with Gasteiger partial charge in [0, 0.05) is 20.2 Å². The van der Waals surface area contributed by atoms with Crippen molar-refractivity contribution in [3.8, 4) is 0 Å². The third-order valence-corrected chi connectivity index (χ3v) is 2.65. The standard InChI is InChI=1S/C10H17BrN2O2/c1-7(14-2)6-13-8(5-12)9-3-4-10(11)15-9/h3-4,7-8,13H,5-6,12H2,1-2H3. The molecule has 1 aromatic heterocycles. The maximum absolute atomic E-state index is 5.66. The van der Waals surface area contributed by atoms with E-state index in [2.05, 4.69) is 21.2 Å². The molecule has 0 saturated heterocycles. The fourth-order valence-electron chi connectivity index (χ4n) is 1.21. The average molecular weight is 277 g/mol. The summed E-state index contributed by atoms with van der Waals surface area (Å²) in [5.41, 5.74) is 5.66. The van der Waals surface area contributed by atoms with Gasteiger partial charge < -0.3 is 20.2 Å². The molecule has 0 aliphatic heterocycles. The molecule has 15 heavy (non-hydrogen) atoms. The number of furan rings is 1. The average Bonchev–Trinajstić information content (AvgIpc) is 2.65. The summed E-state index contributed by atoms with van der Waals surface area (Å²) < 4.78 is 11.3. The first-order chi connectivity index (χ1) is 7.17. The van der Waals surface area contributed by atoms with Crippen molar-refractivity contribution in [1.29, 1.82) is 0 Å². The number of nitrogens with two attached hydrogens (primary N) is 1. The van der Waals surface area contributed by atoms with Crippen molar-refractivity contribution >= 4 is 15.9 Å². The van der Waals surface area contributed by atoms with E-state index in [1.165, 1.54) is 0 Å². The predicted molar refractivity (Wildman–Crippen MR) is 62.7 cm³/mol. The van der Waals surface area contributed by atoms with Crippen LogP contribution in [0.4, 0.5) is 0 Å². The molecule has 0 bridgehead atoms. The van der Waals surface area contributed by atoms with Crippen LogP contribution in [0.5, 0.6) is 0 Å². The molecule has 0 aliphatic rings. The second kappa shape index (κ2) is 6.27. The fourth-order valence-corrected chi connectivity index (χ4v) is 1.53. The first-order valence-corrected chi connectivity index (χ1v) is 5.68. The second-order valence-electron chi connectivity index (χ2n) is 3.38. The number of halogens is 1. The van der Waals surface area contributed by atoms with E-state index in [4.69, 9.17) is 14.9 Å². The zero-order valence-corrected chi connectivity index (χ0v) is 10.6. The zero-order chi connectivity index (χ0) is 11.3. The van der Waals surface area contributed by atoms with Gasteiger partial charge in [-0.05, 0) is 35.0 Å². The van der Waals surface area contributed by atoms with E-state index >= 15 is 0 Å². The monoisotopic (exact) mass is 276 g/mol. The summed E-state index contributed by atoms with van der Waals surface area (Å²) >= 11 is 3.26. The molecule has 1 heterocycles. The highest BCUT2D eigenvalue weighted by atomic mass is 79.9. The lowest BCUT2D eigenvalue weighted by molar-refractivity contribution is 0.113. The maximum atomic E-state index is 5.66. The Labute approximate surface area is 98.3 Å². The number of methoxy groups -OCH3 is 1. The molecule has 86 valence electrons. The largest absolute Gasteiger partial charge is 0.453 e. The number of hydrogen-bond donors (Lipinski definition) is 2. The molecule has 2 unspecified atom stereocenters. The summed E-state index contributed by atoms with van der Waals surface area (Å²) in [4.78, 5) is 0. The van der Waals surface area contributed by atoms with Gasteiger partial charge in [-0.3, -0.25) is 0 Å². The molecular formula is C10H17BrN2O2. The van der Waals surface area contributed by atoms with Gasteiger partial charge in [0.05, 0.1) is 12.1 Å². The Bertz CT molecular complexity index is 291. The van der Waals surface area contributed by atoms with Gasteiger partial charge in [-0.15, -0.1) is 0 Å². The lowest BCUT2D eigenvalue weighted by Crippen LogP contribution is -2.33. The summed E-state index contributed by atoms with van der Waals surface area (Å²) in [7, 11) is 1.69. The Kier molecular flexibility index (Phi) is 5.31. The molecule has 1 rings (SSSR count). The minimum absolute atomic E-state index is 0.0360. The van der Waals surface area contributed by atoms with Crippen LogP contribution < -0.4 is 11.1 Å². The van der Waals surface area contributed by atoms with Crippen LogP contribution >= 0.6 is 15.9 Å². The van der Waals surface area contributed by atoms with Crippen molar-refractivity contribution in [3.05, 3.63) is 22.6 Å². The first-order valence-electron chi connectivity index (χ1n) is 4.88. The highest BCUT2D eigenvalue weighted by Crippen LogP contribution is 2.19. The molecule has 0 radical (unpaired) electrons. The third-order valence-electron chi connectivity index (χ3n) is 2.23. The minimum Gasteiger partial charge on any atom is -0.453 e. The van der Waals surface area contributed by atoms with E-state index in [1.54, 1.807) is 7.11 Å². The Morgan fingerprint density at radius 2 is 2.33 bits per heavy atom. The van der Waals surface area contributed by atoms with E-state index in [0.29, 0.717) is 6.54 Å². The Morgan fingerprint density at radius 1 is 1.60 bits per heavy atom. The van der Waals surface area contributed by atoms with Crippen molar-refractivity contribution in [3.63, 3.8) is 0 Å². The zero-order valence-electron chi connectivity index (χ0n) is 9.00. The molecular weight excluding hydrogens is 260 g/mol. The highest BCUT2D eigenvalue weighted by Gasteiger charge is 2.13. The van der Waals surface area contributed by atoms with Gasteiger partial charge in [-0.2, -0.15) is 0 Å². The summed E-state index contributed by atoms with van der Waals surface area (Å²) in [6.45, 7) is 3.24. The summed E-state index contributed by atoms with van der Waals surface area (Å²) in [6, 6.07) is 3.81. The Balaban J connectivity index is 2.49. The van der Waals surface area contributed by atoms with E-state index in [1.807, 2.05) is 19.1 Å². The Morgan fingerprint density at radius 3 is 2.80 bits per heavy atom. The summed E-state index contributed by atoms with van der Waals surface area (Å²) in [5.74, 6) is 0.840. The van der Waals surface area contributed by atoms with E-state index < -0.39 is 0 Å². The lowest BCUT2D eigenvalue weighted by atomic mass is 10.2. The van der Waals surface area contributed by atoms with E-state index in [-0.39, 0.29) is 12.1 Å². The first kappa shape index (κ1) is 12.7. The van der Waals surface area contributed by atoms with Crippen molar-refractivity contribution in [2.75, 3.05) is 20.2 Å². The summed E-state index contributed by atoms with van der Waals surface area (Å²) in [5, 5.41) is 3.29. The van der Waals surface area contributed by atoms with Crippen molar-refractivity contribution in [2.24, 2.45) is 5.73 Å². The molecule has 2 atom stereocenters. The SMILES string of the molecule is COC(C)CNC(CN)c1ccc(Br)o1. The molecule has 1 aromatic rings. The van der Waals surface area contributed by atoms with Crippen LogP contribution in [0.15, 0.2) is 21.2 Å². The van der Waals surface area contributed by atoms with Crippen LogP contribution in [0.25, 0.3) is 0 Å². The van der Waals surface area contributed by atoms with E-state index in [0.717, 1.165) is 17.0 Å². The smallest absolute Gasteiger partial charge is 0.169 e. The molecule has 0 amide bonds. The highest BCUT2D eigenvalue weighted by molar-refractivity contribution is 9.10. The molecule has 0 aromatic carbocycles. The molecule has 0 saturated carbocycles. The second-order valence-corrected chi connectivity index (χ2v) is 4.17. The van der Waals surface area contributed by atoms with Gasteiger partial charge in [0.1, 0.15) is 5.76 Å². The van der Waals surface area contributed by atoms with Gasteiger partial charge in [-0.25, -0.2) is 0 Å². The van der Waals surface area contributed by atoms with Gasteiger partial charge in [0.25, 0.3) is 0 Å². The van der Waals surface area contributed by atoms with Crippen molar-refractivity contribution in [2.45, 2.75) is 19.1 Å². The number of nitrogens with one attached hydrogen (secondary N) is 1. The minimum atomic E-state index is 0.0360. The van der Waals surface area contributed by atoms with Crippen LogP contribution in [0.3, 0.4) is 0 Å². The summed E-state index contributed by atoms with van der Waals surface area (Å²) in [6.07, 6.45) is 0.164. The molecule has 0 aliphatic carbocycles. The molecule has 3 N–H and O–H groups in total. The maximum Gasteiger partial charge on any atom is 0.169 e. The van der Waals surface area contributed by atoms with E-state index in [9.17, 15) is 0 Å². The molecule has 5 heteroatoms. The number of hydrogen-bond acceptors (Lipinski definition) is 4. The Hall–Kier alpha value is -0.360. The number of ether oxygens (including phenoxy) is 1. The van der Waals surface area contributed by atoms with Crippen molar-refractivity contribution in [1.82, 2.24) is 5.32 Å². The van der Waals surface area contributed by atoms with Crippen LogP contribution in [0.2, 0.25) is 0 Å². The molecule has 4 nitrogen and oxygen atoms in total. The van der Waals surface area contributed by atoms with Gasteiger partial charge in [0.15, 0.2) is 4.67 Å². The number of rotatable bonds is 6. The topological polar surface area (TPSA) is 60.4 Å². The van der Waals surface area contributed by atoms with Crippen LogP contribution in [0, 0.1) is 0 Å². The van der Waals surface area contributed by atoms with Crippen LogP contribution in [-0.4, -0.2) is 26.3 Å². The van der Waals surface area contributed by atoms with Crippen LogP contribution in [-0.2, 0) is 4.74 Å².